The SMILES string of the molecule is NCCCCN1CCCN(c2ncccc2Cl)CC1. The van der Waals surface area contributed by atoms with Crippen molar-refractivity contribution in [3.05, 3.63) is 23.4 Å². The molecular formula is C14H23ClN4. The van der Waals surface area contributed by atoms with E-state index in [1.165, 1.54) is 6.42 Å². The van der Waals surface area contributed by atoms with Crippen LogP contribution in [0.5, 0.6) is 0 Å². The normalized spacial score (nSPS) is 17.5. The summed E-state index contributed by atoms with van der Waals surface area (Å²) < 4.78 is 0. The molecule has 4 nitrogen and oxygen atoms in total. The first-order chi connectivity index (χ1) is 9.31. The van der Waals surface area contributed by atoms with E-state index < -0.39 is 0 Å². The fourth-order valence-corrected chi connectivity index (χ4v) is 2.74. The fourth-order valence-electron chi connectivity index (χ4n) is 2.50. The molecule has 2 N–H and O–H groups in total. The summed E-state index contributed by atoms with van der Waals surface area (Å²) in [5, 5.41) is 0.749. The number of nitrogens with zero attached hydrogens (tertiary/aromatic N) is 3. The molecule has 1 fully saturated rings. The summed E-state index contributed by atoms with van der Waals surface area (Å²) in [6.45, 7) is 6.22. The van der Waals surface area contributed by atoms with Gasteiger partial charge in [-0.25, -0.2) is 4.98 Å². The Morgan fingerprint density at radius 1 is 1.21 bits per heavy atom. The zero-order valence-electron chi connectivity index (χ0n) is 11.4. The Morgan fingerprint density at radius 2 is 2.11 bits per heavy atom. The number of rotatable bonds is 5. The summed E-state index contributed by atoms with van der Waals surface area (Å²) in [7, 11) is 0. The summed E-state index contributed by atoms with van der Waals surface area (Å²) in [5.74, 6) is 0.924. The van der Waals surface area contributed by atoms with Gasteiger partial charge in [-0.15, -0.1) is 0 Å². The Bertz CT molecular complexity index is 385. The largest absolute Gasteiger partial charge is 0.354 e. The third-order valence-corrected chi connectivity index (χ3v) is 3.85. The molecule has 0 amide bonds. The molecular weight excluding hydrogens is 260 g/mol. The molecule has 2 rings (SSSR count). The lowest BCUT2D eigenvalue weighted by molar-refractivity contribution is 0.288. The van der Waals surface area contributed by atoms with E-state index in [9.17, 15) is 0 Å². The summed E-state index contributed by atoms with van der Waals surface area (Å²) in [6, 6.07) is 3.79. The summed E-state index contributed by atoms with van der Waals surface area (Å²) >= 11 is 6.22. The van der Waals surface area contributed by atoms with Crippen molar-refractivity contribution in [2.75, 3.05) is 44.2 Å². The van der Waals surface area contributed by atoms with E-state index in [0.29, 0.717) is 0 Å². The number of unbranched alkanes of at least 4 members (excludes halogenated alkanes) is 1. The third kappa shape index (κ3) is 4.34. The van der Waals surface area contributed by atoms with Gasteiger partial charge in [0, 0.05) is 25.8 Å². The van der Waals surface area contributed by atoms with Crippen LogP contribution < -0.4 is 10.6 Å². The highest BCUT2D eigenvalue weighted by Crippen LogP contribution is 2.23. The standard InChI is InChI=1S/C14H23ClN4/c15-13-5-3-7-17-14(13)19-10-4-9-18(11-12-19)8-2-1-6-16/h3,5,7H,1-2,4,6,8-12,16H2. The van der Waals surface area contributed by atoms with Crippen molar-refractivity contribution in [2.45, 2.75) is 19.3 Å². The van der Waals surface area contributed by atoms with Gasteiger partial charge in [0.2, 0.25) is 0 Å². The summed E-state index contributed by atoms with van der Waals surface area (Å²) in [6.07, 6.45) is 5.29. The van der Waals surface area contributed by atoms with Gasteiger partial charge in [0.25, 0.3) is 0 Å². The molecule has 1 aliphatic heterocycles. The van der Waals surface area contributed by atoms with Gasteiger partial charge in [-0.1, -0.05) is 11.6 Å². The Kier molecular flexibility index (Phi) is 5.89. The van der Waals surface area contributed by atoms with Gasteiger partial charge in [-0.05, 0) is 51.0 Å². The molecule has 1 aromatic rings. The Labute approximate surface area is 120 Å². The van der Waals surface area contributed by atoms with Crippen LogP contribution in [-0.2, 0) is 0 Å². The van der Waals surface area contributed by atoms with Gasteiger partial charge in [-0.2, -0.15) is 0 Å². The molecule has 0 saturated carbocycles. The minimum absolute atomic E-state index is 0.749. The van der Waals surface area contributed by atoms with E-state index in [0.717, 1.165) is 63.0 Å². The Balaban J connectivity index is 1.88. The molecule has 0 atom stereocenters. The molecule has 0 radical (unpaired) electrons. The van der Waals surface area contributed by atoms with Crippen molar-refractivity contribution in [3.8, 4) is 0 Å². The van der Waals surface area contributed by atoms with Gasteiger partial charge in [0.05, 0.1) is 5.02 Å². The molecule has 106 valence electrons. The van der Waals surface area contributed by atoms with Crippen molar-refractivity contribution < 1.29 is 0 Å². The highest BCUT2D eigenvalue weighted by Gasteiger charge is 2.17. The number of pyridine rings is 1. The van der Waals surface area contributed by atoms with Gasteiger partial charge >= 0.3 is 0 Å². The lowest BCUT2D eigenvalue weighted by atomic mass is 10.3. The molecule has 0 bridgehead atoms. The Hall–Kier alpha value is -0.840. The molecule has 0 unspecified atom stereocenters. The predicted octanol–water partition coefficient (Wildman–Crippen LogP) is 1.99. The minimum Gasteiger partial charge on any atom is -0.354 e. The number of nitrogens with two attached hydrogens (primary N) is 1. The monoisotopic (exact) mass is 282 g/mol. The highest BCUT2D eigenvalue weighted by atomic mass is 35.5. The average molecular weight is 283 g/mol. The number of hydrogen-bond acceptors (Lipinski definition) is 4. The maximum absolute atomic E-state index is 6.22. The fraction of sp³-hybridized carbons (Fsp3) is 0.643. The van der Waals surface area contributed by atoms with E-state index in [1.807, 2.05) is 18.3 Å². The van der Waals surface area contributed by atoms with Crippen LogP contribution in [0.4, 0.5) is 5.82 Å². The van der Waals surface area contributed by atoms with Gasteiger partial charge < -0.3 is 15.5 Å². The highest BCUT2D eigenvalue weighted by molar-refractivity contribution is 6.32. The number of hydrogen-bond donors (Lipinski definition) is 1. The summed E-state index contributed by atoms with van der Waals surface area (Å²) in [5.41, 5.74) is 5.54. The van der Waals surface area contributed by atoms with E-state index in [1.54, 1.807) is 0 Å². The van der Waals surface area contributed by atoms with Crippen LogP contribution in [-0.4, -0.2) is 49.2 Å². The lowest BCUT2D eigenvalue weighted by Crippen LogP contribution is -2.32. The second-order valence-corrected chi connectivity index (χ2v) is 5.39. The maximum atomic E-state index is 6.22. The second-order valence-electron chi connectivity index (χ2n) is 4.99. The first-order valence-corrected chi connectivity index (χ1v) is 7.47. The second kappa shape index (κ2) is 7.68. The van der Waals surface area contributed by atoms with Crippen LogP contribution in [0.25, 0.3) is 0 Å². The Morgan fingerprint density at radius 3 is 2.89 bits per heavy atom. The van der Waals surface area contributed by atoms with Gasteiger partial charge in [0.1, 0.15) is 5.82 Å². The molecule has 0 aromatic carbocycles. The first-order valence-electron chi connectivity index (χ1n) is 7.09. The van der Waals surface area contributed by atoms with Gasteiger partial charge in [-0.3, -0.25) is 0 Å². The first kappa shape index (κ1) is 14.6. The van der Waals surface area contributed by atoms with Gasteiger partial charge in [0.15, 0.2) is 0 Å². The van der Waals surface area contributed by atoms with Crippen LogP contribution in [0.2, 0.25) is 5.02 Å². The molecule has 1 aliphatic rings. The van der Waals surface area contributed by atoms with Crippen molar-refractivity contribution in [1.29, 1.82) is 0 Å². The van der Waals surface area contributed by atoms with Crippen molar-refractivity contribution >= 4 is 17.4 Å². The average Bonchev–Trinajstić information content (AvgIpc) is 2.65. The van der Waals surface area contributed by atoms with Crippen molar-refractivity contribution in [1.82, 2.24) is 9.88 Å². The molecule has 2 heterocycles. The molecule has 1 aromatic heterocycles. The van der Waals surface area contributed by atoms with E-state index in [4.69, 9.17) is 17.3 Å². The van der Waals surface area contributed by atoms with E-state index in [-0.39, 0.29) is 0 Å². The van der Waals surface area contributed by atoms with Crippen LogP contribution in [0.3, 0.4) is 0 Å². The molecule has 5 heteroatoms. The van der Waals surface area contributed by atoms with Crippen LogP contribution in [0.1, 0.15) is 19.3 Å². The summed E-state index contributed by atoms with van der Waals surface area (Å²) in [4.78, 5) is 9.22. The third-order valence-electron chi connectivity index (χ3n) is 3.56. The number of anilines is 1. The van der Waals surface area contributed by atoms with Crippen molar-refractivity contribution in [2.24, 2.45) is 5.73 Å². The van der Waals surface area contributed by atoms with Crippen LogP contribution in [0.15, 0.2) is 18.3 Å². The molecule has 0 spiro atoms. The van der Waals surface area contributed by atoms with Crippen LogP contribution in [0, 0.1) is 0 Å². The van der Waals surface area contributed by atoms with E-state index in [2.05, 4.69) is 14.8 Å². The van der Waals surface area contributed by atoms with Crippen LogP contribution >= 0.6 is 11.6 Å². The van der Waals surface area contributed by atoms with Crippen molar-refractivity contribution in [3.63, 3.8) is 0 Å². The number of aromatic nitrogens is 1. The maximum Gasteiger partial charge on any atom is 0.147 e. The smallest absolute Gasteiger partial charge is 0.147 e. The topological polar surface area (TPSA) is 45.4 Å². The predicted molar refractivity (Wildman–Crippen MR) is 80.8 cm³/mol. The molecule has 19 heavy (non-hydrogen) atoms. The zero-order chi connectivity index (χ0) is 13.5. The minimum atomic E-state index is 0.749. The quantitative estimate of drug-likeness (QED) is 0.839. The zero-order valence-corrected chi connectivity index (χ0v) is 12.1. The lowest BCUT2D eigenvalue weighted by Gasteiger charge is -2.23. The molecule has 0 aliphatic carbocycles. The number of halogens is 1. The molecule has 1 saturated heterocycles. The van der Waals surface area contributed by atoms with E-state index >= 15 is 0 Å².